The van der Waals surface area contributed by atoms with E-state index >= 15 is 0 Å². The average molecular weight is 790 g/mol. The van der Waals surface area contributed by atoms with Gasteiger partial charge in [0.1, 0.15) is 0 Å². The largest absolute Gasteiger partial charge is 0.354 e. The van der Waals surface area contributed by atoms with Crippen molar-refractivity contribution in [1.29, 1.82) is 0 Å². The first kappa shape index (κ1) is 30.9. The first-order valence-corrected chi connectivity index (χ1v) is 18.7. The summed E-state index contributed by atoms with van der Waals surface area (Å²) < 4.78 is 4.30. The van der Waals surface area contributed by atoms with Gasteiger partial charge in [0.05, 0.1) is 22.8 Å². The van der Waals surface area contributed by atoms with Crippen LogP contribution in [-0.4, -0.2) is 15.0 Å². The molecule has 4 aromatic carbocycles. The van der Waals surface area contributed by atoms with Crippen molar-refractivity contribution in [3.05, 3.63) is 165 Å². The van der Waals surface area contributed by atoms with Gasteiger partial charge in [0, 0.05) is 62.8 Å². The molecule has 7 aromatic rings. The Hall–Kier alpha value is -5.14. The molecule has 50 heavy (non-hydrogen) atoms. The van der Waals surface area contributed by atoms with Crippen LogP contribution in [0.5, 0.6) is 0 Å². The number of rotatable bonds is 4. The topological polar surface area (TPSA) is 41.6 Å². The van der Waals surface area contributed by atoms with E-state index in [1.165, 1.54) is 0 Å². The number of H-pyrrole nitrogens is 1. The summed E-state index contributed by atoms with van der Waals surface area (Å²) >= 11 is 9.49. The molecule has 0 amide bonds. The van der Waals surface area contributed by atoms with E-state index in [0.717, 1.165) is 96.7 Å². The molecule has 2 aliphatic heterocycles. The highest BCUT2D eigenvalue weighted by atomic mass is 79.9. The molecule has 0 saturated heterocycles. The molecule has 0 unspecified atom stereocenters. The monoisotopic (exact) mass is 787 g/mol. The third-order valence-electron chi connectivity index (χ3n) is 9.04. The van der Waals surface area contributed by atoms with Crippen molar-refractivity contribution in [2.45, 2.75) is 0 Å². The van der Waals surface area contributed by atoms with E-state index in [-0.39, 0.29) is 0 Å². The normalized spacial score (nSPS) is 12.0. The minimum absolute atomic E-state index is 0.894. The Kier molecular flexibility index (Phi) is 8.00. The number of hydrogen-bond acceptors (Lipinski definition) is 3. The molecule has 0 fully saturated rings. The minimum Gasteiger partial charge on any atom is -0.354 e. The molecule has 1 N–H and O–H groups in total. The fourth-order valence-electron chi connectivity index (χ4n) is 6.79. The number of fused-ring (bicyclic) bond motifs is 8. The zero-order valence-corrected chi connectivity index (χ0v) is 30.6. The van der Waals surface area contributed by atoms with Crippen molar-refractivity contribution in [3.8, 4) is 44.5 Å². The molecule has 0 atom stereocenters. The van der Waals surface area contributed by atoms with Crippen LogP contribution in [0.15, 0.2) is 142 Å². The predicted molar refractivity (Wildman–Crippen MR) is 220 cm³/mol. The number of benzene rings is 4. The van der Waals surface area contributed by atoms with Gasteiger partial charge in [0.25, 0.3) is 0 Å². The third-order valence-corrected chi connectivity index (χ3v) is 11.5. The van der Waals surface area contributed by atoms with Crippen LogP contribution in [0.1, 0.15) is 22.8 Å². The summed E-state index contributed by atoms with van der Waals surface area (Å²) in [5.74, 6) is 0. The van der Waals surface area contributed by atoms with E-state index in [4.69, 9.17) is 9.97 Å². The van der Waals surface area contributed by atoms with Crippen molar-refractivity contribution < 1.29 is 0 Å². The van der Waals surface area contributed by atoms with Gasteiger partial charge in [-0.1, -0.05) is 129 Å². The summed E-state index contributed by atoms with van der Waals surface area (Å²) in [6.45, 7) is 0. The Labute approximate surface area is 310 Å². The molecule has 238 valence electrons. The summed E-state index contributed by atoms with van der Waals surface area (Å²) in [5, 5.41) is 0. The maximum atomic E-state index is 5.40. The van der Waals surface area contributed by atoms with Gasteiger partial charge in [-0.25, -0.2) is 9.97 Å². The number of aromatic amines is 1. The number of aromatic nitrogens is 3. The highest BCUT2D eigenvalue weighted by Crippen LogP contribution is 2.42. The second-order valence-corrected chi connectivity index (χ2v) is 14.9. The quantitative estimate of drug-likeness (QED) is 0.193. The molecule has 3 aromatic heterocycles. The maximum Gasteiger partial charge on any atom is 0.0737 e. The predicted octanol–water partition coefficient (Wildman–Crippen LogP) is 13.6. The van der Waals surface area contributed by atoms with Crippen LogP contribution in [0.4, 0.5) is 0 Å². The van der Waals surface area contributed by atoms with Crippen molar-refractivity contribution in [2.75, 3.05) is 0 Å². The van der Waals surface area contributed by atoms with Gasteiger partial charge in [-0.2, -0.15) is 0 Å². The van der Waals surface area contributed by atoms with Gasteiger partial charge >= 0.3 is 0 Å². The Balaban J connectivity index is 1.50. The summed E-state index contributed by atoms with van der Waals surface area (Å²) in [4.78, 5) is 14.6. The van der Waals surface area contributed by atoms with Crippen LogP contribution in [0.3, 0.4) is 0 Å². The smallest absolute Gasteiger partial charge is 0.0737 e. The van der Waals surface area contributed by atoms with Crippen molar-refractivity contribution in [1.82, 2.24) is 15.0 Å². The van der Waals surface area contributed by atoms with E-state index in [0.29, 0.717) is 0 Å². The van der Waals surface area contributed by atoms with Crippen LogP contribution in [-0.2, 0) is 0 Å². The summed E-state index contributed by atoms with van der Waals surface area (Å²) in [5.41, 5.74) is 14.2. The molecule has 9 rings (SSSR count). The van der Waals surface area contributed by atoms with Gasteiger partial charge in [-0.15, -0.1) is 11.3 Å². The minimum atomic E-state index is 0.894. The van der Waals surface area contributed by atoms with Gasteiger partial charge in [-0.05, 0) is 71.8 Å². The SMILES string of the molecule is Brc1ccccc1-c1c2nc(c(-c3ccccc3)c3ccc(s3)c(-c3ccccc3)c3nc(c(-c4ccccc4Br)c4ccc1[nH]4)C=C3)C=C2. The third kappa shape index (κ3) is 5.50. The lowest BCUT2D eigenvalue weighted by molar-refractivity contribution is 1.32. The number of nitrogens with zero attached hydrogens (tertiary/aromatic N) is 2. The molecule has 5 heterocycles. The summed E-state index contributed by atoms with van der Waals surface area (Å²) in [6.07, 6.45) is 8.59. The molecule has 0 saturated carbocycles. The lowest BCUT2D eigenvalue weighted by atomic mass is 10.0. The molecule has 3 nitrogen and oxygen atoms in total. The number of nitrogens with one attached hydrogen (secondary N) is 1. The second-order valence-electron chi connectivity index (χ2n) is 12.1. The Morgan fingerprint density at radius 2 is 0.780 bits per heavy atom. The zero-order valence-electron chi connectivity index (χ0n) is 26.6. The van der Waals surface area contributed by atoms with Crippen molar-refractivity contribution in [3.63, 3.8) is 0 Å². The molecule has 8 bridgehead atoms. The Morgan fingerprint density at radius 1 is 0.400 bits per heavy atom. The summed E-state index contributed by atoms with van der Waals surface area (Å²) in [7, 11) is 0. The number of thiophene rings is 1. The van der Waals surface area contributed by atoms with E-state index in [2.05, 4.69) is 182 Å². The van der Waals surface area contributed by atoms with Crippen LogP contribution in [0.2, 0.25) is 0 Å². The lowest BCUT2D eigenvalue weighted by Crippen LogP contribution is -1.89. The fourth-order valence-corrected chi connectivity index (χ4v) is 8.91. The van der Waals surface area contributed by atoms with Gasteiger partial charge < -0.3 is 4.98 Å². The molecule has 0 aliphatic carbocycles. The molecule has 6 heteroatoms. The Morgan fingerprint density at radius 3 is 1.20 bits per heavy atom. The highest BCUT2D eigenvalue weighted by molar-refractivity contribution is 9.11. The van der Waals surface area contributed by atoms with Gasteiger partial charge in [0.2, 0.25) is 0 Å². The van der Waals surface area contributed by atoms with Crippen LogP contribution in [0, 0.1) is 0 Å². The molecular weight excluding hydrogens is 762 g/mol. The average Bonchev–Trinajstić information content (AvgIpc) is 3.98. The first-order valence-electron chi connectivity index (χ1n) is 16.3. The first-order chi connectivity index (χ1) is 24.6. The Bertz CT molecular complexity index is 2490. The summed E-state index contributed by atoms with van der Waals surface area (Å²) in [6, 6.07) is 46.6. The van der Waals surface area contributed by atoms with Gasteiger partial charge in [-0.3, -0.25) is 0 Å². The molecular formula is C44H27Br2N3S. The lowest BCUT2D eigenvalue weighted by Gasteiger charge is -2.08. The van der Waals surface area contributed by atoms with Crippen LogP contribution < -0.4 is 0 Å². The molecule has 2 aliphatic rings. The highest BCUT2D eigenvalue weighted by Gasteiger charge is 2.20. The second kappa shape index (κ2) is 13.0. The molecule has 0 radical (unpaired) electrons. The van der Waals surface area contributed by atoms with E-state index < -0.39 is 0 Å². The van der Waals surface area contributed by atoms with E-state index in [9.17, 15) is 0 Å². The fraction of sp³-hybridized carbons (Fsp3) is 0. The van der Waals surface area contributed by atoms with Crippen molar-refractivity contribution >= 4 is 87.9 Å². The maximum absolute atomic E-state index is 5.40. The standard InChI is InChI=1S/C44H27Br2N3S/c45-31-17-9-7-15-29(31)43-35-21-19-33(47-35)41(27-11-3-1-4-12-27)39-25-26-40(50-39)42(28-13-5-2-6-14-28)34-20-22-36(48-34)44(38-24-23-37(43)49-38)30-16-8-10-18-32(30)46/h1-26,49H. The number of halogens is 2. The van der Waals surface area contributed by atoms with E-state index in [1.54, 1.807) is 11.3 Å². The van der Waals surface area contributed by atoms with Gasteiger partial charge in [0.15, 0.2) is 0 Å². The zero-order chi connectivity index (χ0) is 33.6. The van der Waals surface area contributed by atoms with Crippen LogP contribution in [0.25, 0.3) is 89.2 Å². The van der Waals surface area contributed by atoms with Crippen molar-refractivity contribution in [2.24, 2.45) is 0 Å². The number of hydrogen-bond donors (Lipinski definition) is 1. The van der Waals surface area contributed by atoms with E-state index in [1.807, 2.05) is 12.1 Å². The van der Waals surface area contributed by atoms with Crippen LogP contribution >= 0.6 is 43.2 Å². The molecule has 0 spiro atoms.